The van der Waals surface area contributed by atoms with Crippen molar-refractivity contribution in [3.05, 3.63) is 34.6 Å². The second kappa shape index (κ2) is 6.42. The van der Waals surface area contributed by atoms with Crippen molar-refractivity contribution < 1.29 is 4.39 Å². The monoisotopic (exact) mass is 298 g/mol. The maximum atomic E-state index is 14.1. The Morgan fingerprint density at radius 3 is 2.75 bits per heavy atom. The summed E-state index contributed by atoms with van der Waals surface area (Å²) < 4.78 is 14.1. The fraction of sp³-hybridized carbons (Fsp3) is 0.625. The fourth-order valence-corrected chi connectivity index (χ4v) is 3.16. The molecule has 1 aromatic rings. The molecule has 0 saturated carbocycles. The van der Waals surface area contributed by atoms with Crippen molar-refractivity contribution in [1.82, 2.24) is 4.90 Å². The topological polar surface area (TPSA) is 29.3 Å². The van der Waals surface area contributed by atoms with Crippen molar-refractivity contribution in [3.8, 4) is 0 Å². The maximum absolute atomic E-state index is 14.1. The highest BCUT2D eigenvalue weighted by Gasteiger charge is 2.28. The molecule has 0 bridgehead atoms. The molecular formula is C16H24ClFN2. The lowest BCUT2D eigenvalue weighted by molar-refractivity contribution is 0.196. The van der Waals surface area contributed by atoms with E-state index in [9.17, 15) is 4.39 Å². The van der Waals surface area contributed by atoms with Gasteiger partial charge in [0.05, 0.1) is 0 Å². The average molecular weight is 299 g/mol. The second-order valence-corrected chi connectivity index (χ2v) is 6.91. The second-order valence-electron chi connectivity index (χ2n) is 6.47. The summed E-state index contributed by atoms with van der Waals surface area (Å²) >= 11 is 5.83. The molecule has 2 nitrogen and oxygen atoms in total. The van der Waals surface area contributed by atoms with E-state index in [4.69, 9.17) is 17.3 Å². The fourth-order valence-electron chi connectivity index (χ4n) is 3.00. The van der Waals surface area contributed by atoms with Crippen molar-refractivity contribution in [1.29, 1.82) is 0 Å². The number of hydrogen-bond donors (Lipinski definition) is 1. The van der Waals surface area contributed by atoms with Gasteiger partial charge in [-0.15, -0.1) is 0 Å². The minimum absolute atomic E-state index is 0.0545. The van der Waals surface area contributed by atoms with Crippen LogP contribution >= 0.6 is 11.6 Å². The Morgan fingerprint density at radius 1 is 1.35 bits per heavy atom. The van der Waals surface area contributed by atoms with Gasteiger partial charge < -0.3 is 5.73 Å². The number of likely N-dealkylation sites (tertiary alicyclic amines) is 1. The summed E-state index contributed by atoms with van der Waals surface area (Å²) in [6.07, 6.45) is 3.47. The van der Waals surface area contributed by atoms with E-state index < -0.39 is 0 Å². The molecule has 112 valence electrons. The van der Waals surface area contributed by atoms with Gasteiger partial charge in [0.25, 0.3) is 0 Å². The van der Waals surface area contributed by atoms with E-state index in [1.807, 2.05) is 0 Å². The lowest BCUT2D eigenvalue weighted by Gasteiger charge is -2.31. The molecule has 0 radical (unpaired) electrons. The van der Waals surface area contributed by atoms with Crippen molar-refractivity contribution in [3.63, 3.8) is 0 Å². The molecule has 1 aliphatic rings. The summed E-state index contributed by atoms with van der Waals surface area (Å²) in [5.41, 5.74) is 6.95. The van der Waals surface area contributed by atoms with E-state index in [2.05, 4.69) is 18.7 Å². The van der Waals surface area contributed by atoms with Gasteiger partial charge in [0.2, 0.25) is 0 Å². The van der Waals surface area contributed by atoms with Gasteiger partial charge in [0.15, 0.2) is 0 Å². The van der Waals surface area contributed by atoms with E-state index in [0.29, 0.717) is 22.5 Å². The van der Waals surface area contributed by atoms with Crippen LogP contribution in [0.25, 0.3) is 0 Å². The Balaban J connectivity index is 2.19. The Hall–Kier alpha value is -0.640. The Morgan fingerprint density at radius 2 is 2.10 bits per heavy atom. The molecule has 1 fully saturated rings. The first-order valence-corrected chi connectivity index (χ1v) is 7.70. The largest absolute Gasteiger partial charge is 0.329 e. The number of nitrogens with two attached hydrogens (primary N) is 1. The quantitative estimate of drug-likeness (QED) is 0.914. The number of benzene rings is 1. The van der Waals surface area contributed by atoms with Crippen LogP contribution in [0, 0.1) is 11.2 Å². The number of hydrogen-bond acceptors (Lipinski definition) is 2. The van der Waals surface area contributed by atoms with Gasteiger partial charge in [-0.25, -0.2) is 4.39 Å². The molecule has 0 aliphatic carbocycles. The molecule has 1 saturated heterocycles. The Labute approximate surface area is 126 Å². The lowest BCUT2D eigenvalue weighted by atomic mass is 9.85. The first-order chi connectivity index (χ1) is 9.43. The summed E-state index contributed by atoms with van der Waals surface area (Å²) in [4.78, 5) is 2.32. The van der Waals surface area contributed by atoms with Crippen molar-refractivity contribution in [2.75, 3.05) is 19.6 Å². The first-order valence-electron chi connectivity index (χ1n) is 7.32. The third kappa shape index (κ3) is 3.72. The zero-order valence-electron chi connectivity index (χ0n) is 12.3. The van der Waals surface area contributed by atoms with Gasteiger partial charge in [-0.05, 0) is 49.9 Å². The highest BCUT2D eigenvalue weighted by molar-refractivity contribution is 6.30. The summed E-state index contributed by atoms with van der Waals surface area (Å²) in [7, 11) is 0. The van der Waals surface area contributed by atoms with E-state index in [-0.39, 0.29) is 11.9 Å². The first kappa shape index (κ1) is 15.7. The molecule has 2 N–H and O–H groups in total. The molecule has 1 aromatic carbocycles. The zero-order valence-corrected chi connectivity index (χ0v) is 13.1. The van der Waals surface area contributed by atoms with Crippen LogP contribution in [-0.4, -0.2) is 24.5 Å². The molecule has 0 aromatic heterocycles. The van der Waals surface area contributed by atoms with Gasteiger partial charge in [0.1, 0.15) is 5.82 Å². The van der Waals surface area contributed by atoms with Crippen LogP contribution in [0.3, 0.4) is 0 Å². The molecule has 1 unspecified atom stereocenters. The Bertz CT molecular complexity index is 462. The molecule has 0 amide bonds. The predicted molar refractivity (Wildman–Crippen MR) is 82.4 cm³/mol. The number of nitrogens with zero attached hydrogens (tertiary/aromatic N) is 1. The van der Waals surface area contributed by atoms with Crippen molar-refractivity contribution in [2.45, 2.75) is 39.2 Å². The molecule has 0 spiro atoms. The summed E-state index contributed by atoms with van der Waals surface area (Å²) in [6.45, 7) is 6.98. The number of halogens is 2. The van der Waals surface area contributed by atoms with Crippen LogP contribution in [0.5, 0.6) is 0 Å². The highest BCUT2D eigenvalue weighted by atomic mass is 35.5. The molecular weight excluding hydrogens is 275 g/mol. The van der Waals surface area contributed by atoms with Crippen LogP contribution < -0.4 is 5.73 Å². The Kier molecular flexibility index (Phi) is 5.05. The molecule has 1 heterocycles. The van der Waals surface area contributed by atoms with Gasteiger partial charge in [-0.1, -0.05) is 31.5 Å². The standard InChI is InChI=1S/C16H24ClFN2/c1-16(2)6-3-8-20(9-7-16)15(11-19)13-5-4-12(17)10-14(13)18/h4-5,10,15H,3,6-9,11,19H2,1-2H3. The minimum Gasteiger partial charge on any atom is -0.329 e. The number of rotatable bonds is 3. The van der Waals surface area contributed by atoms with Crippen LogP contribution in [-0.2, 0) is 0 Å². The lowest BCUT2D eigenvalue weighted by Crippen LogP contribution is -2.35. The molecule has 2 rings (SSSR count). The van der Waals surface area contributed by atoms with Crippen LogP contribution in [0.2, 0.25) is 5.02 Å². The van der Waals surface area contributed by atoms with E-state index in [0.717, 1.165) is 25.9 Å². The van der Waals surface area contributed by atoms with E-state index >= 15 is 0 Å². The van der Waals surface area contributed by atoms with Crippen LogP contribution in [0.4, 0.5) is 4.39 Å². The van der Waals surface area contributed by atoms with Crippen molar-refractivity contribution in [2.24, 2.45) is 11.1 Å². The molecule has 4 heteroatoms. The zero-order chi connectivity index (χ0) is 14.8. The maximum Gasteiger partial charge on any atom is 0.129 e. The van der Waals surface area contributed by atoms with Gasteiger partial charge in [-0.3, -0.25) is 4.90 Å². The smallest absolute Gasteiger partial charge is 0.129 e. The summed E-state index contributed by atoms with van der Waals surface area (Å²) in [5, 5.41) is 0.430. The average Bonchev–Trinajstić information content (AvgIpc) is 2.54. The molecule has 1 atom stereocenters. The summed E-state index contributed by atoms with van der Waals surface area (Å²) in [6, 6.07) is 4.83. The van der Waals surface area contributed by atoms with Crippen LogP contribution in [0.15, 0.2) is 18.2 Å². The predicted octanol–water partition coefficient (Wildman–Crippen LogP) is 3.99. The molecule has 1 aliphatic heterocycles. The minimum atomic E-state index is -0.253. The highest BCUT2D eigenvalue weighted by Crippen LogP contribution is 2.33. The van der Waals surface area contributed by atoms with Gasteiger partial charge in [-0.2, -0.15) is 0 Å². The third-order valence-electron chi connectivity index (χ3n) is 4.36. The van der Waals surface area contributed by atoms with Gasteiger partial charge in [0, 0.05) is 23.2 Å². The van der Waals surface area contributed by atoms with E-state index in [1.54, 1.807) is 12.1 Å². The summed E-state index contributed by atoms with van der Waals surface area (Å²) in [5.74, 6) is -0.253. The SMILES string of the molecule is CC1(C)CCCN(C(CN)c2ccc(Cl)cc2F)CC1. The third-order valence-corrected chi connectivity index (χ3v) is 4.60. The molecule has 20 heavy (non-hydrogen) atoms. The van der Waals surface area contributed by atoms with E-state index in [1.165, 1.54) is 12.5 Å². The van der Waals surface area contributed by atoms with Crippen molar-refractivity contribution >= 4 is 11.6 Å². The normalized spacial score (nSPS) is 21.4. The van der Waals surface area contributed by atoms with Gasteiger partial charge >= 0.3 is 0 Å². The van der Waals surface area contributed by atoms with Crippen LogP contribution in [0.1, 0.15) is 44.7 Å².